The topological polar surface area (TPSA) is 16.4 Å². The molecule has 0 fully saturated rings. The molecule has 0 radical (unpaired) electrons. The zero-order valence-electron chi connectivity index (χ0n) is 36.3. The fraction of sp³-hybridized carbons (Fsp3) is 0.0625. The Hall–Kier alpha value is -8.20. The Balaban J connectivity index is 1.04. The van der Waals surface area contributed by atoms with Gasteiger partial charge in [0.15, 0.2) is 0 Å². The fourth-order valence-corrected chi connectivity index (χ4v) is 13.1. The first-order valence-electron chi connectivity index (χ1n) is 23.1. The summed E-state index contributed by atoms with van der Waals surface area (Å²) in [5, 5.41) is 1.14. The highest BCUT2D eigenvalue weighted by Gasteiger charge is 2.58. The van der Waals surface area contributed by atoms with Crippen LogP contribution in [0.4, 0.5) is 17.1 Å². The van der Waals surface area contributed by atoms with Crippen LogP contribution in [-0.4, -0.2) is 0 Å². The van der Waals surface area contributed by atoms with Crippen LogP contribution in [0.1, 0.15) is 56.2 Å². The molecule has 8 aromatic carbocycles. The maximum absolute atomic E-state index is 7.14. The third-order valence-electron chi connectivity index (χ3n) is 15.5. The number of hydrogen-bond acceptors (Lipinski definition) is 2. The summed E-state index contributed by atoms with van der Waals surface area (Å²) < 4.78 is 7.14. The van der Waals surface area contributed by atoms with E-state index in [1.807, 2.05) is 18.2 Å². The summed E-state index contributed by atoms with van der Waals surface area (Å²) in [6, 6.07) is 68.1. The lowest BCUT2D eigenvalue weighted by Gasteiger charge is -2.37. The van der Waals surface area contributed by atoms with Crippen molar-refractivity contribution in [1.82, 2.24) is 0 Å². The van der Waals surface area contributed by atoms with Crippen LogP contribution in [0.3, 0.4) is 0 Å². The predicted molar refractivity (Wildman–Crippen MR) is 272 cm³/mol. The molecule has 0 N–H and O–H groups in total. The molecule has 5 aliphatic rings. The number of hydrogen-bond donors (Lipinski definition) is 0. The van der Waals surface area contributed by atoms with E-state index in [-0.39, 0.29) is 17.3 Å². The number of fused-ring (bicyclic) bond motifs is 22. The minimum Gasteiger partial charge on any atom is -0.459 e. The maximum Gasteiger partial charge on any atom is 0.135 e. The molecule has 2 spiro atoms. The van der Waals surface area contributed by atoms with E-state index >= 15 is 0 Å². The van der Waals surface area contributed by atoms with E-state index in [0.717, 1.165) is 44.9 Å². The van der Waals surface area contributed by atoms with Crippen LogP contribution in [0.2, 0.25) is 0 Å². The van der Waals surface area contributed by atoms with E-state index in [2.05, 4.69) is 224 Å². The predicted octanol–water partition coefficient (Wildman–Crippen LogP) is 16.2. The van der Waals surface area contributed by atoms with Crippen molar-refractivity contribution in [2.75, 3.05) is 4.90 Å². The summed E-state index contributed by atoms with van der Waals surface area (Å²) in [7, 11) is 0. The number of anilines is 3. The van der Waals surface area contributed by atoms with Crippen molar-refractivity contribution in [2.24, 2.45) is 5.92 Å². The van der Waals surface area contributed by atoms with Gasteiger partial charge in [0.2, 0.25) is 0 Å². The quantitative estimate of drug-likeness (QED) is 0.155. The SMILES string of the molecule is C=C/C=C(\C=C)c1ccc(N(c2ccc3c(c2)C2(c4ccccc4-c4ccccc42)c2oc4ccccc4c2-3)c2ccc3c(c2)C2(c4ccccc4-3)c3ccccc3C3C=CC=CC32)cc1. The Morgan fingerprint density at radius 3 is 1.82 bits per heavy atom. The van der Waals surface area contributed by atoms with Crippen LogP contribution in [0.25, 0.3) is 49.9 Å². The smallest absolute Gasteiger partial charge is 0.135 e. The first-order chi connectivity index (χ1) is 32.7. The highest BCUT2D eigenvalue weighted by atomic mass is 16.3. The van der Waals surface area contributed by atoms with Crippen molar-refractivity contribution in [2.45, 2.75) is 16.7 Å². The van der Waals surface area contributed by atoms with Gasteiger partial charge in [0.25, 0.3) is 0 Å². The summed E-state index contributed by atoms with van der Waals surface area (Å²) in [5.41, 5.74) is 22.1. The number of para-hydroxylation sites is 1. The molecule has 3 atom stereocenters. The van der Waals surface area contributed by atoms with Gasteiger partial charge in [-0.1, -0.05) is 195 Å². The van der Waals surface area contributed by atoms with Gasteiger partial charge in [-0.2, -0.15) is 0 Å². The average molecular weight is 842 g/mol. The molecule has 14 rings (SSSR count). The van der Waals surface area contributed by atoms with Gasteiger partial charge in [0.05, 0.1) is 5.41 Å². The molecule has 0 bridgehead atoms. The molecule has 0 saturated heterocycles. The second kappa shape index (κ2) is 13.7. The van der Waals surface area contributed by atoms with Crippen molar-refractivity contribution < 1.29 is 4.42 Å². The summed E-state index contributed by atoms with van der Waals surface area (Å²) in [6.45, 7) is 8.11. The van der Waals surface area contributed by atoms with E-state index in [0.29, 0.717) is 0 Å². The highest BCUT2D eigenvalue weighted by Crippen LogP contribution is 2.67. The van der Waals surface area contributed by atoms with Crippen LogP contribution in [0.15, 0.2) is 242 Å². The first kappa shape index (κ1) is 37.2. The molecular weight excluding hydrogens is 799 g/mol. The van der Waals surface area contributed by atoms with E-state index in [1.54, 1.807) is 0 Å². The summed E-state index contributed by atoms with van der Waals surface area (Å²) in [6.07, 6.45) is 15.1. The number of nitrogens with zero attached hydrogens (tertiary/aromatic N) is 1. The Labute approximate surface area is 385 Å². The van der Waals surface area contributed by atoms with Crippen molar-refractivity contribution in [1.29, 1.82) is 0 Å². The molecule has 5 aliphatic carbocycles. The maximum atomic E-state index is 7.14. The summed E-state index contributed by atoms with van der Waals surface area (Å²) >= 11 is 0. The van der Waals surface area contributed by atoms with Crippen molar-refractivity contribution in [3.05, 3.63) is 288 Å². The van der Waals surface area contributed by atoms with E-state index in [4.69, 9.17) is 4.42 Å². The average Bonchev–Trinajstić information content (AvgIpc) is 4.14. The van der Waals surface area contributed by atoms with Crippen LogP contribution in [-0.2, 0) is 10.8 Å². The van der Waals surface area contributed by atoms with Gasteiger partial charge >= 0.3 is 0 Å². The second-order valence-corrected chi connectivity index (χ2v) is 18.3. The standard InChI is InChI=1S/C64H43NO/c1-3-17-40(4-2)41-30-32-42(33-31-41)65(43-34-36-50-49-22-7-13-26-55(49)63(58(50)38-43)53-24-11-5-18-45(53)46-19-6-12-25-54(46)63)44-35-37-51-59(39-44)64(62-61(51)52-23-10-16-29-60(52)66-62)56-27-14-8-20-47(56)48-21-9-15-28-57(48)64/h3-39,45,53H,1-2H2/b40-17+. The molecule has 66 heavy (non-hydrogen) atoms. The Morgan fingerprint density at radius 1 is 0.515 bits per heavy atom. The van der Waals surface area contributed by atoms with Gasteiger partial charge in [-0.3, -0.25) is 0 Å². The van der Waals surface area contributed by atoms with Gasteiger partial charge in [0.1, 0.15) is 16.8 Å². The molecule has 0 aliphatic heterocycles. The van der Waals surface area contributed by atoms with Gasteiger partial charge in [0, 0.05) is 39.8 Å². The van der Waals surface area contributed by atoms with Gasteiger partial charge in [-0.25, -0.2) is 0 Å². The van der Waals surface area contributed by atoms with Crippen LogP contribution < -0.4 is 4.90 Å². The molecule has 1 heterocycles. The lowest BCUT2D eigenvalue weighted by Crippen LogP contribution is -2.33. The Bertz CT molecular complexity index is 3620. The Morgan fingerprint density at radius 2 is 1.09 bits per heavy atom. The Kier molecular flexibility index (Phi) is 7.70. The molecule has 1 aromatic heterocycles. The molecular formula is C64H43NO. The minimum absolute atomic E-state index is 0.234. The first-order valence-corrected chi connectivity index (χ1v) is 23.1. The lowest BCUT2D eigenvalue weighted by molar-refractivity contribution is 0.465. The monoisotopic (exact) mass is 841 g/mol. The number of rotatable bonds is 6. The van der Waals surface area contributed by atoms with Crippen LogP contribution >= 0.6 is 0 Å². The molecule has 9 aromatic rings. The van der Waals surface area contributed by atoms with Crippen molar-refractivity contribution >= 4 is 33.6 Å². The highest BCUT2D eigenvalue weighted by molar-refractivity contribution is 6.05. The minimum atomic E-state index is -0.649. The second-order valence-electron chi connectivity index (χ2n) is 18.3. The van der Waals surface area contributed by atoms with Crippen LogP contribution in [0.5, 0.6) is 0 Å². The van der Waals surface area contributed by atoms with Gasteiger partial charge in [-0.05, 0) is 120 Å². The largest absolute Gasteiger partial charge is 0.459 e. The molecule has 310 valence electrons. The number of allylic oxidation sites excluding steroid dienone is 8. The van der Waals surface area contributed by atoms with E-state index < -0.39 is 5.41 Å². The van der Waals surface area contributed by atoms with E-state index in [9.17, 15) is 0 Å². The van der Waals surface area contributed by atoms with Gasteiger partial charge < -0.3 is 9.32 Å². The summed E-state index contributed by atoms with van der Waals surface area (Å²) in [4.78, 5) is 2.47. The molecule has 2 nitrogen and oxygen atoms in total. The van der Waals surface area contributed by atoms with Crippen molar-refractivity contribution in [3.8, 4) is 33.4 Å². The number of furan rings is 1. The normalized spacial score (nSPS) is 19.2. The van der Waals surface area contributed by atoms with Gasteiger partial charge in [-0.15, -0.1) is 0 Å². The van der Waals surface area contributed by atoms with E-state index in [1.165, 1.54) is 72.3 Å². The fourth-order valence-electron chi connectivity index (χ4n) is 13.1. The molecule has 0 amide bonds. The molecule has 2 heteroatoms. The van der Waals surface area contributed by atoms with Crippen molar-refractivity contribution in [3.63, 3.8) is 0 Å². The lowest BCUT2D eigenvalue weighted by atomic mass is 9.65. The zero-order valence-corrected chi connectivity index (χ0v) is 36.3. The van der Waals surface area contributed by atoms with Crippen LogP contribution in [0, 0.1) is 5.92 Å². The molecule has 3 unspecified atom stereocenters. The molecule has 0 saturated carbocycles. The summed E-state index contributed by atoms with van der Waals surface area (Å²) in [5.74, 6) is 1.52. The number of benzene rings is 8. The zero-order chi connectivity index (χ0) is 43.7. The third-order valence-corrected chi connectivity index (χ3v) is 15.5. The third kappa shape index (κ3) is 4.60.